The highest BCUT2D eigenvalue weighted by Crippen LogP contribution is 2.65. The fourth-order valence-electron chi connectivity index (χ4n) is 6.44. The van der Waals surface area contributed by atoms with Crippen LogP contribution in [-0.2, 0) is 21.3 Å². The zero-order valence-electron chi connectivity index (χ0n) is 20.5. The Morgan fingerprint density at radius 2 is 1.89 bits per heavy atom. The van der Waals surface area contributed by atoms with Crippen molar-refractivity contribution in [2.24, 2.45) is 5.41 Å². The molecule has 2 N–H and O–H groups in total. The molecule has 4 aliphatic rings. The zero-order chi connectivity index (χ0) is 25.6. The van der Waals surface area contributed by atoms with E-state index in [4.69, 9.17) is 19.2 Å². The lowest BCUT2D eigenvalue weighted by molar-refractivity contribution is -0.138. The summed E-state index contributed by atoms with van der Waals surface area (Å²) in [4.78, 5) is 4.94. The highest BCUT2D eigenvalue weighted by atomic mass is 19.4. The number of halogens is 3. The molecule has 2 aromatic rings. The lowest BCUT2D eigenvalue weighted by atomic mass is 9.73. The summed E-state index contributed by atoms with van der Waals surface area (Å²) in [5, 5.41) is 22.7. The van der Waals surface area contributed by atoms with Crippen LogP contribution >= 0.6 is 0 Å². The molecule has 194 valence electrons. The van der Waals surface area contributed by atoms with Gasteiger partial charge in [0.25, 0.3) is 0 Å². The number of hydrogen-bond donors (Lipinski definition) is 2. The maximum atomic E-state index is 13.5. The van der Waals surface area contributed by atoms with Gasteiger partial charge in [0.15, 0.2) is 0 Å². The number of aliphatic hydroxyl groups is 2. The summed E-state index contributed by atoms with van der Waals surface area (Å²) in [5.74, 6) is -0.331. The fourth-order valence-corrected chi connectivity index (χ4v) is 6.44. The van der Waals surface area contributed by atoms with Crippen LogP contribution < -0.4 is 4.74 Å². The second-order valence-corrected chi connectivity index (χ2v) is 11.0. The first kappa shape index (κ1) is 24.2. The van der Waals surface area contributed by atoms with Crippen LogP contribution in [0.5, 0.6) is 5.75 Å². The summed E-state index contributed by atoms with van der Waals surface area (Å²) in [5.41, 5.74) is 1.83. The third kappa shape index (κ3) is 3.36. The largest absolute Gasteiger partial charge is 0.496 e. The summed E-state index contributed by atoms with van der Waals surface area (Å²) in [6, 6.07) is 3.81. The normalized spacial score (nSPS) is 30.2. The number of hydrogen-bond acceptors (Lipinski definition) is 6. The molecule has 9 heteroatoms. The van der Waals surface area contributed by atoms with Crippen LogP contribution in [0, 0.1) is 5.41 Å². The Labute approximate surface area is 207 Å². The number of methoxy groups -OCH3 is 1. The molecule has 1 saturated carbocycles. The maximum Gasteiger partial charge on any atom is 0.419 e. The lowest BCUT2D eigenvalue weighted by Gasteiger charge is -2.37. The van der Waals surface area contributed by atoms with Crippen molar-refractivity contribution in [2.45, 2.75) is 75.5 Å². The molecular weight excluding hydrogens is 475 g/mol. The molecular formula is C27H30F3NO5. The van der Waals surface area contributed by atoms with Crippen molar-refractivity contribution in [2.75, 3.05) is 20.3 Å². The number of pyridine rings is 1. The van der Waals surface area contributed by atoms with Crippen molar-refractivity contribution in [1.29, 1.82) is 0 Å². The van der Waals surface area contributed by atoms with Gasteiger partial charge in [-0.05, 0) is 42.9 Å². The van der Waals surface area contributed by atoms with Crippen molar-refractivity contribution in [1.82, 2.24) is 4.98 Å². The van der Waals surface area contributed by atoms with Crippen LogP contribution in [0.25, 0.3) is 0 Å². The number of benzene rings is 1. The number of fused-ring (bicyclic) bond motifs is 4. The van der Waals surface area contributed by atoms with Gasteiger partial charge in [0.1, 0.15) is 23.6 Å². The Balaban J connectivity index is 1.59. The van der Waals surface area contributed by atoms with E-state index < -0.39 is 35.7 Å². The Bertz CT molecular complexity index is 1220. The first-order valence-electron chi connectivity index (χ1n) is 12.5. The van der Waals surface area contributed by atoms with E-state index >= 15 is 0 Å². The number of nitrogens with zero attached hydrogens (tertiary/aromatic N) is 1. The average Bonchev–Trinajstić information content (AvgIpc) is 3.31. The molecule has 0 amide bonds. The van der Waals surface area contributed by atoms with Crippen LogP contribution in [-0.4, -0.2) is 35.5 Å². The highest BCUT2D eigenvalue weighted by molar-refractivity contribution is 5.56. The summed E-state index contributed by atoms with van der Waals surface area (Å²) < 4.78 is 58.2. The van der Waals surface area contributed by atoms with Crippen molar-refractivity contribution in [3.8, 4) is 5.75 Å². The minimum absolute atomic E-state index is 0.0506. The van der Waals surface area contributed by atoms with E-state index in [1.807, 2.05) is 13.8 Å². The van der Waals surface area contributed by atoms with Gasteiger partial charge in [-0.1, -0.05) is 19.9 Å². The molecule has 4 unspecified atom stereocenters. The second kappa shape index (κ2) is 7.90. The molecule has 1 aromatic heterocycles. The topological polar surface area (TPSA) is 81.0 Å². The van der Waals surface area contributed by atoms with Gasteiger partial charge in [-0.3, -0.25) is 4.98 Å². The number of ether oxygens (including phenoxy) is 3. The van der Waals surface area contributed by atoms with Crippen LogP contribution in [0.15, 0.2) is 18.2 Å². The molecule has 3 heterocycles. The van der Waals surface area contributed by atoms with Crippen molar-refractivity contribution >= 4 is 0 Å². The molecule has 1 saturated heterocycles. The van der Waals surface area contributed by atoms with Gasteiger partial charge in [0.05, 0.1) is 31.1 Å². The van der Waals surface area contributed by atoms with Gasteiger partial charge in [-0.25, -0.2) is 0 Å². The van der Waals surface area contributed by atoms with Crippen molar-refractivity contribution < 1.29 is 37.6 Å². The zero-order valence-corrected chi connectivity index (χ0v) is 20.5. The Morgan fingerprint density at radius 1 is 1.14 bits per heavy atom. The summed E-state index contributed by atoms with van der Waals surface area (Å²) in [7, 11) is 1.22. The minimum Gasteiger partial charge on any atom is -0.496 e. The highest BCUT2D eigenvalue weighted by Gasteiger charge is 2.59. The minimum atomic E-state index is -4.55. The van der Waals surface area contributed by atoms with Crippen molar-refractivity contribution in [3.05, 3.63) is 57.4 Å². The van der Waals surface area contributed by atoms with Gasteiger partial charge in [-0.15, -0.1) is 0 Å². The van der Waals surface area contributed by atoms with E-state index in [1.54, 1.807) is 0 Å². The monoisotopic (exact) mass is 505 g/mol. The lowest BCUT2D eigenvalue weighted by Crippen LogP contribution is -2.33. The Hall–Kier alpha value is -2.20. The van der Waals surface area contributed by atoms with Crippen LogP contribution in [0.2, 0.25) is 0 Å². The molecule has 2 aliphatic carbocycles. The molecule has 36 heavy (non-hydrogen) atoms. The van der Waals surface area contributed by atoms with Gasteiger partial charge >= 0.3 is 6.18 Å². The molecule has 1 aromatic carbocycles. The van der Waals surface area contributed by atoms with E-state index in [9.17, 15) is 23.4 Å². The van der Waals surface area contributed by atoms with E-state index in [2.05, 4.69) is 0 Å². The van der Waals surface area contributed by atoms with Gasteiger partial charge in [0.2, 0.25) is 0 Å². The SMILES string of the molecule is COc1cc(C2OC3(CCOC3)c3c4c(nc(C(C)C)c32)C(O)C2(CC2)CC4O)ccc1C(F)(F)F. The van der Waals surface area contributed by atoms with Crippen molar-refractivity contribution in [3.63, 3.8) is 0 Å². The molecule has 6 nitrogen and oxygen atoms in total. The van der Waals surface area contributed by atoms with Gasteiger partial charge < -0.3 is 24.4 Å². The molecule has 4 atom stereocenters. The first-order valence-corrected chi connectivity index (χ1v) is 12.5. The van der Waals surface area contributed by atoms with E-state index in [0.29, 0.717) is 36.3 Å². The second-order valence-electron chi connectivity index (χ2n) is 11.0. The van der Waals surface area contributed by atoms with E-state index in [0.717, 1.165) is 35.7 Å². The molecule has 2 aliphatic heterocycles. The Kier molecular flexibility index (Phi) is 5.30. The molecule has 0 radical (unpaired) electrons. The summed E-state index contributed by atoms with van der Waals surface area (Å²) in [6.07, 6.45) is -4.17. The van der Waals surface area contributed by atoms with Crippen LogP contribution in [0.3, 0.4) is 0 Å². The number of alkyl halides is 3. The standard InChI is InChI=1S/C27H30F3NO5/c1-13(2)21-19-20(18-16(32)11-25(6-7-25)24(33)22(18)31-21)26(8-9-35-12-26)36-23(19)14-4-5-15(27(28,29)30)17(10-14)34-3/h4-5,10,13,16,23-24,32-33H,6-9,11-12H2,1-3H3. The third-order valence-corrected chi connectivity index (χ3v) is 8.42. The van der Waals surface area contributed by atoms with E-state index in [1.165, 1.54) is 19.2 Å². The van der Waals surface area contributed by atoms with E-state index in [-0.39, 0.29) is 23.7 Å². The molecule has 6 rings (SSSR count). The van der Waals surface area contributed by atoms with Gasteiger partial charge in [0, 0.05) is 40.8 Å². The van der Waals surface area contributed by atoms with Crippen LogP contribution in [0.4, 0.5) is 13.2 Å². The number of aromatic nitrogens is 1. The number of aliphatic hydroxyl groups excluding tert-OH is 2. The molecule has 2 spiro atoms. The Morgan fingerprint density at radius 3 is 2.47 bits per heavy atom. The summed E-state index contributed by atoms with van der Waals surface area (Å²) in [6.45, 7) is 4.71. The first-order chi connectivity index (χ1) is 17.0. The third-order valence-electron chi connectivity index (χ3n) is 8.42. The predicted molar refractivity (Wildman–Crippen MR) is 123 cm³/mol. The molecule has 2 fully saturated rings. The average molecular weight is 506 g/mol. The number of rotatable bonds is 3. The quantitative estimate of drug-likeness (QED) is 0.596. The predicted octanol–water partition coefficient (Wildman–Crippen LogP) is 5.22. The van der Waals surface area contributed by atoms with Gasteiger partial charge in [-0.2, -0.15) is 13.2 Å². The smallest absolute Gasteiger partial charge is 0.419 e. The molecule has 0 bridgehead atoms. The summed E-state index contributed by atoms with van der Waals surface area (Å²) >= 11 is 0. The maximum absolute atomic E-state index is 13.5. The fraction of sp³-hybridized carbons (Fsp3) is 0.593. The van der Waals surface area contributed by atoms with Crippen LogP contribution in [0.1, 0.15) is 103 Å².